The van der Waals surface area contributed by atoms with Gasteiger partial charge in [0.15, 0.2) is 0 Å². The molecule has 1 aromatic carbocycles. The summed E-state index contributed by atoms with van der Waals surface area (Å²) in [5, 5.41) is 0. The zero-order valence-corrected chi connectivity index (χ0v) is 9.70. The molecule has 1 aromatic rings. The Balaban J connectivity index is 3.27. The molecule has 12 heavy (non-hydrogen) atoms. The molecule has 0 heterocycles. The van der Waals surface area contributed by atoms with Crippen molar-refractivity contribution in [1.29, 1.82) is 0 Å². The molecule has 0 aliphatic heterocycles. The van der Waals surface area contributed by atoms with E-state index >= 15 is 0 Å². The van der Waals surface area contributed by atoms with E-state index in [1.165, 1.54) is 21.2 Å². The van der Waals surface area contributed by atoms with Crippen LogP contribution in [0.3, 0.4) is 0 Å². The second kappa shape index (κ2) is 3.61. The van der Waals surface area contributed by atoms with Gasteiger partial charge in [0, 0.05) is 4.47 Å². The van der Waals surface area contributed by atoms with Crippen LogP contribution in [0.2, 0.25) is 0 Å². The van der Waals surface area contributed by atoms with E-state index in [0.717, 1.165) is 0 Å². The molecule has 0 spiro atoms. The summed E-state index contributed by atoms with van der Waals surface area (Å²) < 4.78 is 1.21. The number of halogens is 1. The predicted octanol–water partition coefficient (Wildman–Crippen LogP) is 4.19. The molecule has 0 atom stereocenters. The third-order valence-electron chi connectivity index (χ3n) is 2.38. The number of rotatable bonds is 1. The summed E-state index contributed by atoms with van der Waals surface area (Å²) in [6, 6.07) is 4.34. The molecule has 0 amide bonds. The number of hydrogen-bond donors (Lipinski definition) is 0. The van der Waals surface area contributed by atoms with E-state index in [0.29, 0.717) is 5.92 Å². The molecular formula is C11H15Br. The lowest BCUT2D eigenvalue weighted by Crippen LogP contribution is -1.94. The Labute approximate surface area is 83.1 Å². The predicted molar refractivity (Wildman–Crippen MR) is 57.7 cm³/mol. The van der Waals surface area contributed by atoms with Crippen LogP contribution in [0.25, 0.3) is 0 Å². The van der Waals surface area contributed by atoms with Gasteiger partial charge in [-0.1, -0.05) is 35.8 Å². The molecule has 0 saturated carbocycles. The van der Waals surface area contributed by atoms with Crippen LogP contribution in [0.5, 0.6) is 0 Å². The first-order valence-electron chi connectivity index (χ1n) is 4.29. The maximum atomic E-state index is 3.53. The first-order valence-corrected chi connectivity index (χ1v) is 5.09. The van der Waals surface area contributed by atoms with Gasteiger partial charge in [0.1, 0.15) is 0 Å². The van der Waals surface area contributed by atoms with Crippen molar-refractivity contribution >= 4 is 15.9 Å². The van der Waals surface area contributed by atoms with Crippen molar-refractivity contribution in [2.24, 2.45) is 0 Å². The molecule has 0 N–H and O–H groups in total. The summed E-state index contributed by atoms with van der Waals surface area (Å²) in [4.78, 5) is 0. The van der Waals surface area contributed by atoms with Crippen molar-refractivity contribution in [3.8, 4) is 0 Å². The van der Waals surface area contributed by atoms with Gasteiger partial charge >= 0.3 is 0 Å². The summed E-state index contributed by atoms with van der Waals surface area (Å²) in [5.41, 5.74) is 4.23. The van der Waals surface area contributed by atoms with Gasteiger partial charge in [-0.3, -0.25) is 0 Å². The summed E-state index contributed by atoms with van der Waals surface area (Å²) in [6.07, 6.45) is 0. The van der Waals surface area contributed by atoms with Crippen LogP contribution in [0.1, 0.15) is 36.5 Å². The zero-order valence-electron chi connectivity index (χ0n) is 8.11. The van der Waals surface area contributed by atoms with Crippen LogP contribution in [0, 0.1) is 13.8 Å². The largest absolute Gasteiger partial charge is 0.0587 e. The first kappa shape index (κ1) is 9.79. The summed E-state index contributed by atoms with van der Waals surface area (Å²) in [7, 11) is 0. The van der Waals surface area contributed by atoms with Crippen LogP contribution in [0.4, 0.5) is 0 Å². The van der Waals surface area contributed by atoms with E-state index in [4.69, 9.17) is 0 Å². The van der Waals surface area contributed by atoms with E-state index < -0.39 is 0 Å². The first-order chi connectivity index (χ1) is 5.54. The Bertz CT molecular complexity index is 287. The van der Waals surface area contributed by atoms with Crippen LogP contribution < -0.4 is 0 Å². The van der Waals surface area contributed by atoms with Crippen LogP contribution in [-0.2, 0) is 0 Å². The lowest BCUT2D eigenvalue weighted by molar-refractivity contribution is 0.853. The van der Waals surface area contributed by atoms with Crippen molar-refractivity contribution in [3.63, 3.8) is 0 Å². The Kier molecular flexibility index (Phi) is 2.94. The average molecular weight is 227 g/mol. The SMILES string of the molecule is Cc1c(Br)ccc(C(C)C)c1C. The summed E-state index contributed by atoms with van der Waals surface area (Å²) >= 11 is 3.53. The van der Waals surface area contributed by atoms with Gasteiger partial charge in [-0.05, 0) is 42.5 Å². The lowest BCUT2D eigenvalue weighted by Gasteiger charge is -2.12. The molecule has 0 unspecified atom stereocenters. The minimum absolute atomic E-state index is 0.622. The van der Waals surface area contributed by atoms with Crippen molar-refractivity contribution in [1.82, 2.24) is 0 Å². The van der Waals surface area contributed by atoms with Gasteiger partial charge in [-0.25, -0.2) is 0 Å². The van der Waals surface area contributed by atoms with Gasteiger partial charge in [0.2, 0.25) is 0 Å². The van der Waals surface area contributed by atoms with Crippen molar-refractivity contribution in [2.45, 2.75) is 33.6 Å². The van der Waals surface area contributed by atoms with Crippen LogP contribution in [0.15, 0.2) is 16.6 Å². The minimum atomic E-state index is 0.622. The van der Waals surface area contributed by atoms with E-state index in [1.807, 2.05) is 0 Å². The highest BCUT2D eigenvalue weighted by atomic mass is 79.9. The normalized spacial score (nSPS) is 10.8. The fourth-order valence-corrected chi connectivity index (χ4v) is 1.86. The Morgan fingerprint density at radius 1 is 1.08 bits per heavy atom. The quantitative estimate of drug-likeness (QED) is 0.674. The van der Waals surface area contributed by atoms with E-state index in [9.17, 15) is 0 Å². The molecule has 1 rings (SSSR count). The van der Waals surface area contributed by atoms with Crippen molar-refractivity contribution in [2.75, 3.05) is 0 Å². The summed E-state index contributed by atoms with van der Waals surface area (Å²) in [6.45, 7) is 8.81. The summed E-state index contributed by atoms with van der Waals surface area (Å²) in [5.74, 6) is 0.622. The van der Waals surface area contributed by atoms with Crippen molar-refractivity contribution in [3.05, 3.63) is 33.3 Å². The molecule has 0 aliphatic rings. The standard InChI is InChI=1S/C11H15Br/c1-7(2)10-5-6-11(12)9(4)8(10)3/h5-7H,1-4H3. The number of benzene rings is 1. The van der Waals surface area contributed by atoms with Gasteiger partial charge in [0.25, 0.3) is 0 Å². The van der Waals surface area contributed by atoms with Gasteiger partial charge in [-0.2, -0.15) is 0 Å². The Hall–Kier alpha value is -0.300. The fraction of sp³-hybridized carbons (Fsp3) is 0.455. The topological polar surface area (TPSA) is 0 Å². The average Bonchev–Trinajstić information content (AvgIpc) is 2.00. The zero-order chi connectivity index (χ0) is 9.30. The lowest BCUT2D eigenvalue weighted by atomic mass is 9.95. The van der Waals surface area contributed by atoms with Gasteiger partial charge < -0.3 is 0 Å². The molecule has 0 fully saturated rings. The minimum Gasteiger partial charge on any atom is -0.0587 e. The van der Waals surface area contributed by atoms with Gasteiger partial charge in [-0.15, -0.1) is 0 Å². The molecule has 0 bridgehead atoms. The fourth-order valence-electron chi connectivity index (χ4n) is 1.43. The monoisotopic (exact) mass is 226 g/mol. The third kappa shape index (κ3) is 1.71. The molecule has 0 radical (unpaired) electrons. The Morgan fingerprint density at radius 2 is 1.67 bits per heavy atom. The third-order valence-corrected chi connectivity index (χ3v) is 3.24. The molecule has 0 aliphatic carbocycles. The molecule has 0 aromatic heterocycles. The molecule has 66 valence electrons. The second-order valence-corrected chi connectivity index (χ2v) is 4.40. The van der Waals surface area contributed by atoms with Gasteiger partial charge in [0.05, 0.1) is 0 Å². The smallest absolute Gasteiger partial charge is 0.0207 e. The maximum absolute atomic E-state index is 3.53. The highest BCUT2D eigenvalue weighted by molar-refractivity contribution is 9.10. The molecule has 0 nitrogen and oxygen atoms in total. The maximum Gasteiger partial charge on any atom is 0.0207 e. The van der Waals surface area contributed by atoms with E-state index in [-0.39, 0.29) is 0 Å². The highest BCUT2D eigenvalue weighted by Gasteiger charge is 2.06. The molecule has 1 heteroatoms. The van der Waals surface area contributed by atoms with Crippen molar-refractivity contribution < 1.29 is 0 Å². The molecular weight excluding hydrogens is 212 g/mol. The van der Waals surface area contributed by atoms with Crippen LogP contribution in [-0.4, -0.2) is 0 Å². The Morgan fingerprint density at radius 3 is 2.17 bits per heavy atom. The van der Waals surface area contributed by atoms with E-state index in [1.54, 1.807) is 0 Å². The second-order valence-electron chi connectivity index (χ2n) is 3.54. The number of hydrogen-bond acceptors (Lipinski definition) is 0. The van der Waals surface area contributed by atoms with Crippen LogP contribution >= 0.6 is 15.9 Å². The molecule has 0 saturated heterocycles. The van der Waals surface area contributed by atoms with E-state index in [2.05, 4.69) is 55.8 Å². The highest BCUT2D eigenvalue weighted by Crippen LogP contribution is 2.26.